The van der Waals surface area contributed by atoms with Gasteiger partial charge in [-0.1, -0.05) is 11.6 Å². The van der Waals surface area contributed by atoms with Crippen LogP contribution < -0.4 is 16.2 Å². The molecular formula is C10H13ClFN3O3S. The van der Waals surface area contributed by atoms with Crippen LogP contribution in [0.2, 0.25) is 5.02 Å². The van der Waals surface area contributed by atoms with Gasteiger partial charge in [-0.2, -0.15) is 0 Å². The summed E-state index contributed by atoms with van der Waals surface area (Å²) in [4.78, 5) is 10.2. The van der Waals surface area contributed by atoms with E-state index >= 15 is 0 Å². The molecule has 5 N–H and O–H groups in total. The van der Waals surface area contributed by atoms with Crippen molar-refractivity contribution in [3.05, 3.63) is 23.0 Å². The highest BCUT2D eigenvalue weighted by Gasteiger charge is 2.19. The van der Waals surface area contributed by atoms with Crippen molar-refractivity contribution in [2.24, 2.45) is 5.73 Å². The van der Waals surface area contributed by atoms with E-state index in [2.05, 4.69) is 4.72 Å². The number of benzene rings is 1. The fourth-order valence-electron chi connectivity index (χ4n) is 1.30. The highest BCUT2D eigenvalue weighted by molar-refractivity contribution is 7.89. The average Bonchev–Trinajstić information content (AvgIpc) is 2.29. The van der Waals surface area contributed by atoms with E-state index in [1.165, 1.54) is 0 Å². The van der Waals surface area contributed by atoms with Crippen LogP contribution in [-0.4, -0.2) is 20.9 Å². The molecule has 0 aliphatic carbocycles. The lowest BCUT2D eigenvalue weighted by atomic mass is 10.3. The molecular weight excluding hydrogens is 297 g/mol. The lowest BCUT2D eigenvalue weighted by molar-refractivity contribution is -0.118. The van der Waals surface area contributed by atoms with Gasteiger partial charge in [0.2, 0.25) is 15.9 Å². The largest absolute Gasteiger partial charge is 0.396 e. The van der Waals surface area contributed by atoms with E-state index in [0.717, 1.165) is 12.1 Å². The first-order chi connectivity index (χ1) is 8.74. The van der Waals surface area contributed by atoms with Crippen molar-refractivity contribution in [1.29, 1.82) is 0 Å². The SMILES string of the molecule is NC(=O)CCCNS(=O)(=O)c1cc(N)c(F)cc1Cl. The summed E-state index contributed by atoms with van der Waals surface area (Å²) < 4.78 is 39.0. The first-order valence-corrected chi connectivity index (χ1v) is 7.12. The van der Waals surface area contributed by atoms with Gasteiger partial charge in [0.25, 0.3) is 0 Å². The van der Waals surface area contributed by atoms with Gasteiger partial charge >= 0.3 is 0 Å². The number of primary amides is 1. The molecule has 9 heteroatoms. The van der Waals surface area contributed by atoms with E-state index in [9.17, 15) is 17.6 Å². The standard InChI is InChI=1S/C10H13ClFN3O3S/c11-6-4-7(12)8(13)5-9(6)19(17,18)15-3-1-2-10(14)16/h4-5,15H,1-3,13H2,(H2,14,16). The minimum absolute atomic E-state index is 0.0128. The second-order valence-corrected chi connectivity index (χ2v) is 5.91. The number of nitrogens with one attached hydrogen (secondary N) is 1. The van der Waals surface area contributed by atoms with Crippen LogP contribution in [0.1, 0.15) is 12.8 Å². The fourth-order valence-corrected chi connectivity index (χ4v) is 2.92. The molecule has 0 heterocycles. The molecule has 0 aliphatic rings. The first kappa shape index (κ1) is 15.7. The zero-order valence-electron chi connectivity index (χ0n) is 9.82. The van der Waals surface area contributed by atoms with Crippen molar-refractivity contribution in [3.63, 3.8) is 0 Å². The molecule has 0 bridgehead atoms. The molecule has 0 spiro atoms. The molecule has 0 saturated heterocycles. The van der Waals surface area contributed by atoms with Gasteiger partial charge in [-0.25, -0.2) is 17.5 Å². The summed E-state index contributed by atoms with van der Waals surface area (Å²) >= 11 is 5.66. The Balaban J connectivity index is 2.83. The topological polar surface area (TPSA) is 115 Å². The quantitative estimate of drug-likeness (QED) is 0.527. The number of sulfonamides is 1. The van der Waals surface area contributed by atoms with Crippen LogP contribution in [0, 0.1) is 5.82 Å². The Labute approximate surface area is 115 Å². The summed E-state index contributed by atoms with van der Waals surface area (Å²) in [5, 5.41) is -0.269. The van der Waals surface area contributed by atoms with Gasteiger partial charge in [0.1, 0.15) is 10.7 Å². The predicted molar refractivity (Wildman–Crippen MR) is 69.4 cm³/mol. The maximum Gasteiger partial charge on any atom is 0.242 e. The Morgan fingerprint density at radius 1 is 1.42 bits per heavy atom. The summed E-state index contributed by atoms with van der Waals surface area (Å²) in [6, 6.07) is 1.77. The van der Waals surface area contributed by atoms with Crippen molar-refractivity contribution in [1.82, 2.24) is 4.72 Å². The van der Waals surface area contributed by atoms with Crippen LogP contribution in [0.25, 0.3) is 0 Å². The minimum Gasteiger partial charge on any atom is -0.396 e. The summed E-state index contributed by atoms with van der Waals surface area (Å²) in [5.74, 6) is -1.32. The van der Waals surface area contributed by atoms with Gasteiger partial charge < -0.3 is 11.5 Å². The number of carbonyl (C=O) groups excluding carboxylic acids is 1. The number of anilines is 1. The molecule has 19 heavy (non-hydrogen) atoms. The van der Waals surface area contributed by atoms with Crippen molar-refractivity contribution in [2.45, 2.75) is 17.7 Å². The smallest absolute Gasteiger partial charge is 0.242 e. The molecule has 1 amide bonds. The lowest BCUT2D eigenvalue weighted by Crippen LogP contribution is -2.26. The Kier molecular flexibility index (Phi) is 5.10. The third kappa shape index (κ3) is 4.34. The average molecular weight is 310 g/mol. The fraction of sp³-hybridized carbons (Fsp3) is 0.300. The normalized spacial score (nSPS) is 11.5. The molecule has 0 fully saturated rings. The number of carbonyl (C=O) groups is 1. The predicted octanol–water partition coefficient (Wildman–Crippen LogP) is 0.605. The molecule has 1 aromatic carbocycles. The molecule has 0 unspecified atom stereocenters. The summed E-state index contributed by atoms with van der Waals surface area (Å²) in [5.41, 5.74) is 9.89. The van der Waals surface area contributed by atoms with Gasteiger partial charge in [0.15, 0.2) is 0 Å². The zero-order chi connectivity index (χ0) is 14.6. The van der Waals surface area contributed by atoms with Crippen LogP contribution in [0.3, 0.4) is 0 Å². The molecule has 0 aromatic heterocycles. The van der Waals surface area contributed by atoms with E-state index in [1.54, 1.807) is 0 Å². The molecule has 0 saturated carbocycles. The lowest BCUT2D eigenvalue weighted by Gasteiger charge is -2.09. The van der Waals surface area contributed by atoms with Crippen LogP contribution in [0.5, 0.6) is 0 Å². The molecule has 1 aromatic rings. The van der Waals surface area contributed by atoms with E-state index < -0.39 is 21.7 Å². The van der Waals surface area contributed by atoms with Crippen LogP contribution in [0.15, 0.2) is 17.0 Å². The number of hydrogen-bond donors (Lipinski definition) is 3. The summed E-state index contributed by atoms with van der Waals surface area (Å²) in [7, 11) is -3.91. The first-order valence-electron chi connectivity index (χ1n) is 5.26. The monoisotopic (exact) mass is 309 g/mol. The summed E-state index contributed by atoms with van der Waals surface area (Å²) in [6.07, 6.45) is 0.310. The Morgan fingerprint density at radius 2 is 2.05 bits per heavy atom. The number of halogens is 2. The highest BCUT2D eigenvalue weighted by atomic mass is 35.5. The van der Waals surface area contributed by atoms with E-state index in [1.807, 2.05) is 0 Å². The van der Waals surface area contributed by atoms with Crippen LogP contribution in [-0.2, 0) is 14.8 Å². The Morgan fingerprint density at radius 3 is 2.63 bits per heavy atom. The van der Waals surface area contributed by atoms with Gasteiger partial charge in [0, 0.05) is 13.0 Å². The number of nitrogens with two attached hydrogens (primary N) is 2. The third-order valence-electron chi connectivity index (χ3n) is 2.23. The molecule has 6 nitrogen and oxygen atoms in total. The molecule has 0 aliphatic heterocycles. The maximum atomic E-state index is 13.1. The van der Waals surface area contributed by atoms with E-state index in [-0.39, 0.29) is 35.0 Å². The minimum atomic E-state index is -3.91. The Hall–Kier alpha value is -1.38. The van der Waals surface area contributed by atoms with Gasteiger partial charge in [-0.3, -0.25) is 4.79 Å². The van der Waals surface area contributed by atoms with E-state index in [0.29, 0.717) is 0 Å². The van der Waals surface area contributed by atoms with Crippen molar-refractivity contribution in [2.75, 3.05) is 12.3 Å². The van der Waals surface area contributed by atoms with Gasteiger partial charge in [-0.05, 0) is 18.6 Å². The van der Waals surface area contributed by atoms with E-state index in [4.69, 9.17) is 23.1 Å². The van der Waals surface area contributed by atoms with Crippen LogP contribution in [0.4, 0.5) is 10.1 Å². The molecule has 106 valence electrons. The molecule has 1 rings (SSSR count). The zero-order valence-corrected chi connectivity index (χ0v) is 11.4. The number of hydrogen-bond acceptors (Lipinski definition) is 4. The van der Waals surface area contributed by atoms with Crippen molar-refractivity contribution in [3.8, 4) is 0 Å². The van der Waals surface area contributed by atoms with Gasteiger partial charge in [-0.15, -0.1) is 0 Å². The van der Waals surface area contributed by atoms with Crippen LogP contribution >= 0.6 is 11.6 Å². The molecule has 0 atom stereocenters. The van der Waals surface area contributed by atoms with Crippen molar-refractivity contribution < 1.29 is 17.6 Å². The Bertz CT molecular complexity index is 592. The highest BCUT2D eigenvalue weighted by Crippen LogP contribution is 2.26. The third-order valence-corrected chi connectivity index (χ3v) is 4.16. The number of nitrogen functional groups attached to an aromatic ring is 1. The van der Waals surface area contributed by atoms with Gasteiger partial charge in [0.05, 0.1) is 10.7 Å². The summed E-state index contributed by atoms with van der Waals surface area (Å²) in [6.45, 7) is 0.0128. The molecule has 0 radical (unpaired) electrons. The second-order valence-electron chi connectivity index (χ2n) is 3.77. The second kappa shape index (κ2) is 6.18. The van der Waals surface area contributed by atoms with Crippen molar-refractivity contribution >= 4 is 33.2 Å². The maximum absolute atomic E-state index is 13.1. The number of rotatable bonds is 6. The number of amides is 1.